The van der Waals surface area contributed by atoms with Gasteiger partial charge in [0.2, 0.25) is 0 Å². The highest BCUT2D eigenvalue weighted by atomic mass is 35.5. The summed E-state index contributed by atoms with van der Waals surface area (Å²) in [6.07, 6.45) is 4.24. The fourth-order valence-electron chi connectivity index (χ4n) is 2.11. The number of carbonyl (C=O) groups is 2. The molecule has 1 fully saturated rings. The zero-order valence-corrected chi connectivity index (χ0v) is 12.3. The summed E-state index contributed by atoms with van der Waals surface area (Å²) in [7, 11) is 1.66. The van der Waals surface area contributed by atoms with E-state index < -0.39 is 5.97 Å². The normalized spacial score (nSPS) is 21.0. The number of methoxy groups -OCH3 is 1. The molecule has 0 saturated heterocycles. The van der Waals surface area contributed by atoms with E-state index in [4.69, 9.17) is 21.4 Å². The zero-order chi connectivity index (χ0) is 15.4. The average Bonchev–Trinajstić information content (AvgIpc) is 2.40. The molecule has 1 saturated carbocycles. The highest BCUT2D eigenvalue weighted by Gasteiger charge is 2.30. The van der Waals surface area contributed by atoms with Crippen molar-refractivity contribution in [1.29, 1.82) is 0 Å². The monoisotopic (exact) mass is 309 g/mol. The van der Waals surface area contributed by atoms with Gasteiger partial charge in [-0.1, -0.05) is 17.7 Å². The third-order valence-corrected chi connectivity index (χ3v) is 3.76. The van der Waals surface area contributed by atoms with Gasteiger partial charge < -0.3 is 15.2 Å². The second-order valence-electron chi connectivity index (χ2n) is 4.91. The topological polar surface area (TPSA) is 75.6 Å². The molecule has 0 aromatic heterocycles. The Kier molecular flexibility index (Phi) is 4.98. The molecule has 0 bridgehead atoms. The summed E-state index contributed by atoms with van der Waals surface area (Å²) in [5.41, 5.74) is 1.01. The van der Waals surface area contributed by atoms with Crippen LogP contribution in [0.5, 0.6) is 0 Å². The summed E-state index contributed by atoms with van der Waals surface area (Å²) in [6, 6.07) is 4.91. The quantitative estimate of drug-likeness (QED) is 0.819. The molecule has 21 heavy (non-hydrogen) atoms. The summed E-state index contributed by atoms with van der Waals surface area (Å²) in [5.74, 6) is -1.24. The Hall–Kier alpha value is -1.85. The van der Waals surface area contributed by atoms with E-state index in [0.717, 1.165) is 18.9 Å². The largest absolute Gasteiger partial charge is 0.478 e. The van der Waals surface area contributed by atoms with Crippen LogP contribution in [0.25, 0.3) is 6.08 Å². The van der Waals surface area contributed by atoms with Gasteiger partial charge in [0.25, 0.3) is 5.91 Å². The molecule has 2 N–H and O–H groups in total. The fourth-order valence-corrected chi connectivity index (χ4v) is 2.35. The molecule has 0 atom stereocenters. The van der Waals surface area contributed by atoms with Gasteiger partial charge in [0.1, 0.15) is 0 Å². The van der Waals surface area contributed by atoms with Gasteiger partial charge in [-0.15, -0.1) is 0 Å². The molecule has 0 heterocycles. The fraction of sp³-hybridized carbons (Fsp3) is 0.333. The number of carboxylic acids is 1. The van der Waals surface area contributed by atoms with Crippen LogP contribution in [0, 0.1) is 0 Å². The first-order valence-electron chi connectivity index (χ1n) is 6.54. The Balaban J connectivity index is 1.99. The van der Waals surface area contributed by atoms with Crippen LogP contribution in [0.2, 0.25) is 5.02 Å². The predicted molar refractivity (Wildman–Crippen MR) is 79.4 cm³/mol. The molecule has 5 nitrogen and oxygen atoms in total. The van der Waals surface area contributed by atoms with E-state index >= 15 is 0 Å². The number of carboxylic acid groups (broad SMARTS) is 1. The first kappa shape index (κ1) is 15.5. The van der Waals surface area contributed by atoms with Gasteiger partial charge in [-0.25, -0.2) is 4.79 Å². The lowest BCUT2D eigenvalue weighted by Gasteiger charge is -2.34. The van der Waals surface area contributed by atoms with E-state index in [1.807, 2.05) is 0 Å². The number of hydrogen-bond donors (Lipinski definition) is 2. The SMILES string of the molecule is COC1CC(NC(=O)c2ccc(/C=C/C(=O)O)c(Cl)c2)C1. The Labute approximate surface area is 127 Å². The number of amides is 1. The van der Waals surface area contributed by atoms with Crippen molar-refractivity contribution >= 4 is 29.6 Å². The Bertz CT molecular complexity index is 579. The Morgan fingerprint density at radius 1 is 1.43 bits per heavy atom. The number of halogens is 1. The molecule has 0 spiro atoms. The molecule has 1 aromatic carbocycles. The minimum Gasteiger partial charge on any atom is -0.478 e. The maximum Gasteiger partial charge on any atom is 0.328 e. The minimum absolute atomic E-state index is 0.132. The zero-order valence-electron chi connectivity index (χ0n) is 11.5. The van der Waals surface area contributed by atoms with Crippen LogP contribution in [0.3, 0.4) is 0 Å². The van der Waals surface area contributed by atoms with Gasteiger partial charge in [-0.3, -0.25) is 4.79 Å². The van der Waals surface area contributed by atoms with E-state index in [-0.39, 0.29) is 18.1 Å². The third kappa shape index (κ3) is 4.06. The Morgan fingerprint density at radius 2 is 2.14 bits per heavy atom. The lowest BCUT2D eigenvalue weighted by atomic mass is 9.89. The molecule has 1 aliphatic carbocycles. The number of ether oxygens (including phenoxy) is 1. The van der Waals surface area contributed by atoms with Crippen molar-refractivity contribution in [2.75, 3.05) is 7.11 Å². The van der Waals surface area contributed by atoms with Crippen LogP contribution in [-0.2, 0) is 9.53 Å². The average molecular weight is 310 g/mol. The molecule has 0 aliphatic heterocycles. The molecule has 112 valence electrons. The van der Waals surface area contributed by atoms with Gasteiger partial charge in [0, 0.05) is 29.8 Å². The highest BCUT2D eigenvalue weighted by Crippen LogP contribution is 2.24. The molecular formula is C15H16ClNO4. The first-order chi connectivity index (χ1) is 9.99. The third-order valence-electron chi connectivity index (χ3n) is 3.43. The number of hydrogen-bond acceptors (Lipinski definition) is 3. The van der Waals surface area contributed by atoms with Crippen molar-refractivity contribution in [3.63, 3.8) is 0 Å². The summed E-state index contributed by atoms with van der Waals surface area (Å²) in [6.45, 7) is 0. The van der Waals surface area contributed by atoms with Crippen molar-refractivity contribution in [3.8, 4) is 0 Å². The summed E-state index contributed by atoms with van der Waals surface area (Å²) < 4.78 is 5.16. The number of nitrogens with one attached hydrogen (secondary N) is 1. The molecular weight excluding hydrogens is 294 g/mol. The van der Waals surface area contributed by atoms with E-state index in [1.165, 1.54) is 12.1 Å². The van der Waals surface area contributed by atoms with Gasteiger partial charge in [0.05, 0.1) is 6.10 Å². The Morgan fingerprint density at radius 3 is 2.71 bits per heavy atom. The summed E-state index contributed by atoms with van der Waals surface area (Å²) in [5, 5.41) is 11.8. The molecule has 1 aliphatic rings. The van der Waals surface area contributed by atoms with Crippen LogP contribution < -0.4 is 5.32 Å². The van der Waals surface area contributed by atoms with E-state index in [0.29, 0.717) is 16.1 Å². The van der Waals surface area contributed by atoms with Gasteiger partial charge in [0.15, 0.2) is 0 Å². The van der Waals surface area contributed by atoms with E-state index in [1.54, 1.807) is 19.2 Å². The van der Waals surface area contributed by atoms with Crippen LogP contribution in [-0.4, -0.2) is 36.2 Å². The lowest BCUT2D eigenvalue weighted by Crippen LogP contribution is -2.47. The van der Waals surface area contributed by atoms with Crippen LogP contribution >= 0.6 is 11.6 Å². The van der Waals surface area contributed by atoms with Crippen LogP contribution in [0.1, 0.15) is 28.8 Å². The summed E-state index contributed by atoms with van der Waals surface area (Å²) in [4.78, 5) is 22.5. The second-order valence-corrected chi connectivity index (χ2v) is 5.31. The number of rotatable bonds is 5. The van der Waals surface area contributed by atoms with E-state index in [9.17, 15) is 9.59 Å². The number of carbonyl (C=O) groups excluding carboxylic acids is 1. The van der Waals surface area contributed by atoms with Crippen molar-refractivity contribution in [2.24, 2.45) is 0 Å². The van der Waals surface area contributed by atoms with Crippen molar-refractivity contribution in [1.82, 2.24) is 5.32 Å². The molecule has 6 heteroatoms. The highest BCUT2D eigenvalue weighted by molar-refractivity contribution is 6.32. The van der Waals surface area contributed by atoms with Gasteiger partial charge >= 0.3 is 5.97 Å². The molecule has 0 radical (unpaired) electrons. The molecule has 2 rings (SSSR count). The standard InChI is InChI=1S/C15H16ClNO4/c1-21-12-7-11(8-12)17-15(20)10-3-2-9(13(16)6-10)4-5-14(18)19/h2-6,11-12H,7-8H2,1H3,(H,17,20)(H,18,19)/b5-4+. The lowest BCUT2D eigenvalue weighted by molar-refractivity contribution is -0.131. The van der Waals surface area contributed by atoms with Gasteiger partial charge in [-0.05, 0) is 36.6 Å². The second kappa shape index (κ2) is 6.74. The molecule has 1 aromatic rings. The van der Waals surface area contributed by atoms with Crippen molar-refractivity contribution < 1.29 is 19.4 Å². The smallest absolute Gasteiger partial charge is 0.328 e. The predicted octanol–water partition coefficient (Wildman–Crippen LogP) is 2.35. The van der Waals surface area contributed by atoms with Crippen molar-refractivity contribution in [3.05, 3.63) is 40.4 Å². The van der Waals surface area contributed by atoms with Gasteiger partial charge in [-0.2, -0.15) is 0 Å². The van der Waals surface area contributed by atoms with E-state index in [2.05, 4.69) is 5.32 Å². The number of aliphatic carboxylic acids is 1. The maximum absolute atomic E-state index is 12.0. The maximum atomic E-state index is 12.0. The first-order valence-corrected chi connectivity index (χ1v) is 6.91. The van der Waals surface area contributed by atoms with Crippen molar-refractivity contribution in [2.45, 2.75) is 25.0 Å². The van der Waals surface area contributed by atoms with Crippen LogP contribution in [0.15, 0.2) is 24.3 Å². The number of benzene rings is 1. The molecule has 1 amide bonds. The summed E-state index contributed by atoms with van der Waals surface area (Å²) >= 11 is 6.04. The minimum atomic E-state index is -1.05. The van der Waals surface area contributed by atoms with Crippen LogP contribution in [0.4, 0.5) is 0 Å². The molecule has 0 unspecified atom stereocenters.